The van der Waals surface area contributed by atoms with E-state index in [4.69, 9.17) is 5.73 Å². The second-order valence-electron chi connectivity index (χ2n) is 7.06. The van der Waals surface area contributed by atoms with Crippen LogP contribution in [0.5, 0.6) is 5.75 Å². The number of halogens is 1. The fraction of sp³-hybridized carbons (Fsp3) is 0.190. The van der Waals surface area contributed by atoms with E-state index in [0.29, 0.717) is 11.2 Å². The Morgan fingerprint density at radius 2 is 1.85 bits per heavy atom. The van der Waals surface area contributed by atoms with Crippen molar-refractivity contribution in [3.8, 4) is 16.9 Å². The summed E-state index contributed by atoms with van der Waals surface area (Å²) in [6, 6.07) is 13.7. The summed E-state index contributed by atoms with van der Waals surface area (Å²) in [5.41, 5.74) is 9.68. The van der Waals surface area contributed by atoms with Crippen LogP contribution in [0.2, 0.25) is 0 Å². The lowest BCUT2D eigenvalue weighted by Gasteiger charge is -2.15. The number of hydrogen-bond acceptors (Lipinski definition) is 4. The van der Waals surface area contributed by atoms with E-state index in [-0.39, 0.29) is 29.1 Å². The number of rotatable bonds is 3. The van der Waals surface area contributed by atoms with Crippen molar-refractivity contribution in [2.75, 3.05) is 6.54 Å². The van der Waals surface area contributed by atoms with Crippen LogP contribution in [0.15, 0.2) is 52.6 Å². The van der Waals surface area contributed by atoms with Gasteiger partial charge in [-0.05, 0) is 47.5 Å². The zero-order valence-electron chi connectivity index (χ0n) is 14.5. The molecule has 4 aromatic rings. The third-order valence-corrected chi connectivity index (χ3v) is 6.52. The molecule has 0 atom stereocenters. The molecule has 6 heteroatoms. The van der Waals surface area contributed by atoms with E-state index in [0.717, 1.165) is 40.3 Å². The van der Waals surface area contributed by atoms with Gasteiger partial charge >= 0.3 is 0 Å². The van der Waals surface area contributed by atoms with Crippen molar-refractivity contribution in [2.24, 2.45) is 5.73 Å². The number of nitrogens with two attached hydrogens (primary N) is 1. The standard InChI is InChI=1S/C21H18N2O2S.ClH/c22-11-21(8-9-21)13-3-1-12(2-4-13)17-16(24)6-5-15-18(17)14-7-10-26-19(14)20(25)23-15;/h1-7,10,24H,8-9,11,22H2,(H,23,25);1H. The quantitative estimate of drug-likeness (QED) is 0.474. The number of benzene rings is 2. The Bertz CT molecular complexity index is 1210. The van der Waals surface area contributed by atoms with Crippen LogP contribution < -0.4 is 11.3 Å². The lowest BCUT2D eigenvalue weighted by Crippen LogP contribution is -2.19. The average Bonchev–Trinajstić information content (AvgIpc) is 3.30. The number of nitrogens with one attached hydrogen (secondary N) is 1. The Balaban J connectivity index is 0.00000180. The first-order valence-corrected chi connectivity index (χ1v) is 9.57. The van der Waals surface area contributed by atoms with Gasteiger partial charge in [-0.1, -0.05) is 24.3 Å². The maximum absolute atomic E-state index is 12.3. The van der Waals surface area contributed by atoms with Gasteiger partial charge in [-0.25, -0.2) is 0 Å². The molecule has 2 aromatic heterocycles. The lowest BCUT2D eigenvalue weighted by molar-refractivity contribution is 0.478. The minimum absolute atomic E-state index is 0. The molecule has 4 nitrogen and oxygen atoms in total. The number of H-pyrrole nitrogens is 1. The van der Waals surface area contributed by atoms with Gasteiger partial charge in [0.2, 0.25) is 0 Å². The number of phenols is 1. The van der Waals surface area contributed by atoms with E-state index in [9.17, 15) is 9.90 Å². The second-order valence-corrected chi connectivity index (χ2v) is 7.98. The molecule has 0 radical (unpaired) electrons. The van der Waals surface area contributed by atoms with Crippen molar-refractivity contribution in [3.05, 3.63) is 63.8 Å². The van der Waals surface area contributed by atoms with Crippen molar-refractivity contribution in [2.45, 2.75) is 18.3 Å². The van der Waals surface area contributed by atoms with Gasteiger partial charge in [0.05, 0.1) is 0 Å². The van der Waals surface area contributed by atoms with Crippen LogP contribution in [0.3, 0.4) is 0 Å². The highest BCUT2D eigenvalue weighted by molar-refractivity contribution is 7.17. The minimum atomic E-state index is -0.0897. The van der Waals surface area contributed by atoms with Crippen LogP contribution in [0.4, 0.5) is 0 Å². The van der Waals surface area contributed by atoms with Gasteiger partial charge in [0.25, 0.3) is 5.56 Å². The van der Waals surface area contributed by atoms with E-state index in [2.05, 4.69) is 17.1 Å². The van der Waals surface area contributed by atoms with E-state index >= 15 is 0 Å². The molecule has 0 unspecified atom stereocenters. The minimum Gasteiger partial charge on any atom is -0.507 e. The zero-order valence-corrected chi connectivity index (χ0v) is 16.1. The van der Waals surface area contributed by atoms with Crippen LogP contribution >= 0.6 is 23.7 Å². The topological polar surface area (TPSA) is 79.1 Å². The summed E-state index contributed by atoms with van der Waals surface area (Å²) in [5, 5.41) is 14.3. The largest absolute Gasteiger partial charge is 0.507 e. The van der Waals surface area contributed by atoms with Gasteiger partial charge in [-0.2, -0.15) is 0 Å². The summed E-state index contributed by atoms with van der Waals surface area (Å²) in [6.07, 6.45) is 2.28. The summed E-state index contributed by atoms with van der Waals surface area (Å²) < 4.78 is 0.682. The number of pyridine rings is 1. The summed E-state index contributed by atoms with van der Waals surface area (Å²) in [5.74, 6) is 0.213. The van der Waals surface area contributed by atoms with Crippen molar-refractivity contribution in [1.29, 1.82) is 0 Å². The van der Waals surface area contributed by atoms with E-state index in [1.54, 1.807) is 12.1 Å². The average molecular weight is 399 g/mol. The maximum atomic E-state index is 12.3. The Morgan fingerprint density at radius 1 is 1.11 bits per heavy atom. The number of phenolic OH excluding ortho intramolecular Hbond substituents is 1. The third-order valence-electron chi connectivity index (χ3n) is 5.60. The number of aromatic amines is 1. The monoisotopic (exact) mass is 398 g/mol. The van der Waals surface area contributed by atoms with Gasteiger partial charge in [0.1, 0.15) is 10.4 Å². The molecule has 1 saturated carbocycles. The van der Waals surface area contributed by atoms with E-state index < -0.39 is 0 Å². The van der Waals surface area contributed by atoms with Crippen LogP contribution in [-0.2, 0) is 5.41 Å². The Kier molecular flexibility index (Phi) is 4.26. The molecule has 4 N–H and O–H groups in total. The first-order chi connectivity index (χ1) is 12.6. The molecule has 5 rings (SSSR count). The molecule has 138 valence electrons. The van der Waals surface area contributed by atoms with Gasteiger partial charge in [0.15, 0.2) is 0 Å². The smallest absolute Gasteiger partial charge is 0.266 e. The summed E-state index contributed by atoms with van der Waals surface area (Å²) in [4.78, 5) is 15.2. The fourth-order valence-electron chi connectivity index (χ4n) is 3.88. The fourth-order valence-corrected chi connectivity index (χ4v) is 4.68. The highest BCUT2D eigenvalue weighted by Crippen LogP contribution is 2.48. The number of hydrogen-bond donors (Lipinski definition) is 3. The van der Waals surface area contributed by atoms with Crippen LogP contribution in [0, 0.1) is 0 Å². The highest BCUT2D eigenvalue weighted by Gasteiger charge is 2.42. The molecule has 1 aliphatic carbocycles. The number of thiophene rings is 1. The van der Waals surface area contributed by atoms with Gasteiger partial charge in [-0.15, -0.1) is 23.7 Å². The molecular formula is C21H19ClN2O2S. The summed E-state index contributed by atoms with van der Waals surface area (Å²) >= 11 is 1.42. The van der Waals surface area contributed by atoms with E-state index in [1.165, 1.54) is 16.9 Å². The normalized spacial score (nSPS) is 15.0. The van der Waals surface area contributed by atoms with E-state index in [1.807, 2.05) is 23.6 Å². The molecule has 2 heterocycles. The summed E-state index contributed by atoms with van der Waals surface area (Å²) in [7, 11) is 0. The second kappa shape index (κ2) is 6.37. The van der Waals surface area contributed by atoms with Crippen LogP contribution in [0.25, 0.3) is 32.1 Å². The molecule has 0 bridgehead atoms. The molecule has 0 spiro atoms. The molecule has 2 aromatic carbocycles. The summed E-state index contributed by atoms with van der Waals surface area (Å²) in [6.45, 7) is 0.669. The SMILES string of the molecule is Cl.NCC1(c2ccc(-c3c(O)ccc4[nH]c(=O)c5sccc5c34)cc2)CC1. The Labute approximate surface area is 166 Å². The van der Waals surface area contributed by atoms with Crippen LogP contribution in [0.1, 0.15) is 18.4 Å². The van der Waals surface area contributed by atoms with Gasteiger partial charge < -0.3 is 15.8 Å². The lowest BCUT2D eigenvalue weighted by atomic mass is 9.92. The first kappa shape index (κ1) is 18.0. The molecule has 1 aliphatic rings. The molecule has 0 aliphatic heterocycles. The van der Waals surface area contributed by atoms with Crippen molar-refractivity contribution in [1.82, 2.24) is 4.98 Å². The molecule has 0 amide bonds. The first-order valence-electron chi connectivity index (χ1n) is 8.69. The number of aromatic hydroxyl groups is 1. The molecule has 27 heavy (non-hydrogen) atoms. The van der Waals surface area contributed by atoms with Crippen molar-refractivity contribution < 1.29 is 5.11 Å². The zero-order chi connectivity index (χ0) is 17.9. The Morgan fingerprint density at radius 3 is 2.52 bits per heavy atom. The Hall–Kier alpha value is -2.34. The highest BCUT2D eigenvalue weighted by atomic mass is 35.5. The number of aromatic nitrogens is 1. The van der Waals surface area contributed by atoms with Gasteiger partial charge in [0, 0.05) is 33.8 Å². The maximum Gasteiger partial charge on any atom is 0.266 e. The number of fused-ring (bicyclic) bond motifs is 3. The van der Waals surface area contributed by atoms with Crippen molar-refractivity contribution in [3.63, 3.8) is 0 Å². The molecule has 1 fully saturated rings. The van der Waals surface area contributed by atoms with Gasteiger partial charge in [-0.3, -0.25) is 4.79 Å². The molecular weight excluding hydrogens is 380 g/mol. The predicted molar refractivity (Wildman–Crippen MR) is 114 cm³/mol. The third kappa shape index (κ3) is 2.65. The predicted octanol–water partition coefficient (Wildman–Crippen LogP) is 4.53. The van der Waals surface area contributed by atoms with Crippen molar-refractivity contribution >= 4 is 44.7 Å². The molecule has 0 saturated heterocycles. The van der Waals surface area contributed by atoms with Crippen LogP contribution in [-0.4, -0.2) is 16.6 Å².